The molecule has 2 fully saturated rings. The summed E-state index contributed by atoms with van der Waals surface area (Å²) in [6.07, 6.45) is 4.45. The van der Waals surface area contributed by atoms with E-state index in [-0.39, 0.29) is 11.8 Å². The molecular weight excluding hydrogens is 340 g/mol. The van der Waals surface area contributed by atoms with Gasteiger partial charge in [0.1, 0.15) is 5.66 Å². The molecule has 1 aromatic rings. The van der Waals surface area contributed by atoms with Crippen molar-refractivity contribution in [3.63, 3.8) is 0 Å². The molecule has 27 heavy (non-hydrogen) atoms. The second-order valence-electron chi connectivity index (χ2n) is 7.89. The average molecular weight is 368 g/mol. The Morgan fingerprint density at radius 3 is 2.89 bits per heavy atom. The third kappa shape index (κ3) is 3.67. The van der Waals surface area contributed by atoms with Crippen LogP contribution >= 0.6 is 0 Å². The van der Waals surface area contributed by atoms with Gasteiger partial charge < -0.3 is 15.0 Å². The van der Waals surface area contributed by atoms with Crippen LogP contribution in [0.2, 0.25) is 0 Å². The lowest BCUT2D eigenvalue weighted by Crippen LogP contribution is -2.62. The van der Waals surface area contributed by atoms with Gasteiger partial charge in [0.25, 0.3) is 5.91 Å². The first-order chi connectivity index (χ1) is 13.2. The number of benzene rings is 1. The Balaban J connectivity index is 1.53. The normalized spacial score (nSPS) is 28.5. The molecule has 2 atom stereocenters. The van der Waals surface area contributed by atoms with Crippen molar-refractivity contribution in [1.82, 2.24) is 9.80 Å². The molecule has 1 N–H and O–H groups in total. The SMILES string of the molecule is N#CC1CCCC2(C1)Nc1ccccc1C(=O)N2CCCN1CCOCC1. The number of nitriles is 1. The highest BCUT2D eigenvalue weighted by Gasteiger charge is 2.47. The van der Waals surface area contributed by atoms with Crippen LogP contribution in [0.1, 0.15) is 42.5 Å². The van der Waals surface area contributed by atoms with Gasteiger partial charge in [-0.3, -0.25) is 9.69 Å². The number of hydrogen-bond donors (Lipinski definition) is 1. The Kier molecular flexibility index (Phi) is 5.33. The largest absolute Gasteiger partial charge is 0.379 e. The molecule has 2 aliphatic heterocycles. The number of carbonyl (C=O) groups is 1. The van der Waals surface area contributed by atoms with Gasteiger partial charge in [0.05, 0.1) is 30.8 Å². The van der Waals surface area contributed by atoms with Crippen molar-refractivity contribution in [1.29, 1.82) is 5.26 Å². The molecule has 4 rings (SSSR count). The molecule has 1 aromatic carbocycles. The Hall–Kier alpha value is -2.10. The third-order valence-electron chi connectivity index (χ3n) is 6.16. The standard InChI is InChI=1S/C21H28N4O2/c22-16-17-5-3-8-21(15-17)23-19-7-2-1-6-18(19)20(26)25(21)10-4-9-24-11-13-27-14-12-24/h1-2,6-7,17,23H,3-5,8-15H2. The second kappa shape index (κ2) is 7.87. The summed E-state index contributed by atoms with van der Waals surface area (Å²) in [5.41, 5.74) is 1.23. The Morgan fingerprint density at radius 2 is 2.07 bits per heavy atom. The minimum absolute atomic E-state index is 0.00561. The van der Waals surface area contributed by atoms with Crippen LogP contribution in [0.15, 0.2) is 24.3 Å². The van der Waals surface area contributed by atoms with Crippen molar-refractivity contribution in [2.24, 2.45) is 5.92 Å². The van der Waals surface area contributed by atoms with E-state index in [4.69, 9.17) is 4.74 Å². The summed E-state index contributed by atoms with van der Waals surface area (Å²) in [6, 6.07) is 10.2. The molecule has 1 amide bonds. The first-order valence-electron chi connectivity index (χ1n) is 10.1. The number of morpholine rings is 1. The van der Waals surface area contributed by atoms with Gasteiger partial charge in [0.15, 0.2) is 0 Å². The summed E-state index contributed by atoms with van der Waals surface area (Å²) in [5.74, 6) is 0.107. The lowest BCUT2D eigenvalue weighted by atomic mass is 9.79. The number of fused-ring (bicyclic) bond motifs is 1. The number of ether oxygens (including phenoxy) is 1. The van der Waals surface area contributed by atoms with Gasteiger partial charge in [-0.05, 0) is 37.8 Å². The molecule has 6 heteroatoms. The predicted octanol–water partition coefficient (Wildman–Crippen LogP) is 2.69. The number of para-hydroxylation sites is 1. The number of nitrogens with one attached hydrogen (secondary N) is 1. The number of carbonyl (C=O) groups excluding carboxylic acids is 1. The summed E-state index contributed by atoms with van der Waals surface area (Å²) < 4.78 is 5.42. The molecule has 1 aliphatic carbocycles. The summed E-state index contributed by atoms with van der Waals surface area (Å²) in [7, 11) is 0. The number of hydrogen-bond acceptors (Lipinski definition) is 5. The maximum absolute atomic E-state index is 13.3. The van der Waals surface area contributed by atoms with Crippen molar-refractivity contribution in [3.05, 3.63) is 29.8 Å². The monoisotopic (exact) mass is 368 g/mol. The lowest BCUT2D eigenvalue weighted by Gasteiger charge is -2.51. The number of amides is 1. The van der Waals surface area contributed by atoms with Crippen molar-refractivity contribution >= 4 is 11.6 Å². The minimum Gasteiger partial charge on any atom is -0.379 e. The van der Waals surface area contributed by atoms with Crippen LogP contribution in [-0.4, -0.2) is 60.8 Å². The second-order valence-corrected chi connectivity index (χ2v) is 7.89. The third-order valence-corrected chi connectivity index (χ3v) is 6.16. The summed E-state index contributed by atoms with van der Waals surface area (Å²) >= 11 is 0. The molecule has 3 aliphatic rings. The summed E-state index contributed by atoms with van der Waals surface area (Å²) in [5, 5.41) is 13.2. The Morgan fingerprint density at radius 1 is 1.26 bits per heavy atom. The van der Waals surface area contributed by atoms with Crippen LogP contribution in [0.5, 0.6) is 0 Å². The van der Waals surface area contributed by atoms with Crippen LogP contribution in [0.4, 0.5) is 5.69 Å². The smallest absolute Gasteiger partial charge is 0.257 e. The number of rotatable bonds is 4. The van der Waals surface area contributed by atoms with Gasteiger partial charge in [-0.15, -0.1) is 0 Å². The zero-order chi connectivity index (χ0) is 18.7. The highest BCUT2D eigenvalue weighted by molar-refractivity contribution is 6.02. The van der Waals surface area contributed by atoms with E-state index in [1.807, 2.05) is 29.2 Å². The highest BCUT2D eigenvalue weighted by atomic mass is 16.5. The van der Waals surface area contributed by atoms with Crippen molar-refractivity contribution in [2.45, 2.75) is 37.8 Å². The van der Waals surface area contributed by atoms with E-state index in [0.29, 0.717) is 6.42 Å². The fourth-order valence-corrected chi connectivity index (χ4v) is 4.75. The lowest BCUT2D eigenvalue weighted by molar-refractivity contribution is 0.0241. The Bertz CT molecular complexity index is 725. The Labute approximate surface area is 161 Å². The average Bonchev–Trinajstić information content (AvgIpc) is 2.71. The van der Waals surface area contributed by atoms with Crippen molar-refractivity contribution in [2.75, 3.05) is 44.7 Å². The summed E-state index contributed by atoms with van der Waals surface area (Å²) in [4.78, 5) is 17.8. The van der Waals surface area contributed by atoms with Crippen LogP contribution < -0.4 is 5.32 Å². The van der Waals surface area contributed by atoms with Crippen LogP contribution in [0.3, 0.4) is 0 Å². The maximum Gasteiger partial charge on any atom is 0.257 e. The van der Waals surface area contributed by atoms with E-state index in [2.05, 4.69) is 16.3 Å². The van der Waals surface area contributed by atoms with Crippen molar-refractivity contribution in [3.8, 4) is 6.07 Å². The van der Waals surface area contributed by atoms with Crippen LogP contribution in [-0.2, 0) is 4.74 Å². The molecule has 2 heterocycles. The molecule has 6 nitrogen and oxygen atoms in total. The molecule has 2 unspecified atom stereocenters. The van der Waals surface area contributed by atoms with Crippen LogP contribution in [0, 0.1) is 17.2 Å². The molecule has 0 bridgehead atoms. The molecule has 0 aromatic heterocycles. The molecule has 1 saturated heterocycles. The first-order valence-corrected chi connectivity index (χ1v) is 10.1. The molecule has 0 radical (unpaired) electrons. The van der Waals surface area contributed by atoms with Crippen molar-refractivity contribution < 1.29 is 9.53 Å². The fraction of sp³-hybridized carbons (Fsp3) is 0.619. The molecule has 144 valence electrons. The number of anilines is 1. The van der Waals surface area contributed by atoms with E-state index in [0.717, 1.165) is 76.3 Å². The quantitative estimate of drug-likeness (QED) is 0.885. The highest BCUT2D eigenvalue weighted by Crippen LogP contribution is 2.42. The van der Waals surface area contributed by atoms with Gasteiger partial charge in [-0.2, -0.15) is 5.26 Å². The van der Waals surface area contributed by atoms with Gasteiger partial charge in [-0.25, -0.2) is 0 Å². The van der Waals surface area contributed by atoms with Gasteiger partial charge in [-0.1, -0.05) is 12.1 Å². The molecular formula is C21H28N4O2. The summed E-state index contributed by atoms with van der Waals surface area (Å²) in [6.45, 7) is 5.23. The molecule has 1 saturated carbocycles. The van der Waals surface area contributed by atoms with E-state index >= 15 is 0 Å². The fourth-order valence-electron chi connectivity index (χ4n) is 4.75. The predicted molar refractivity (Wildman–Crippen MR) is 103 cm³/mol. The first kappa shape index (κ1) is 18.3. The number of nitrogens with zero attached hydrogens (tertiary/aromatic N) is 3. The van der Waals surface area contributed by atoms with Gasteiger partial charge >= 0.3 is 0 Å². The van der Waals surface area contributed by atoms with Gasteiger partial charge in [0, 0.05) is 38.3 Å². The van der Waals surface area contributed by atoms with E-state index < -0.39 is 5.66 Å². The molecule has 1 spiro atoms. The topological polar surface area (TPSA) is 68.6 Å². The van der Waals surface area contributed by atoms with Crippen LogP contribution in [0.25, 0.3) is 0 Å². The van der Waals surface area contributed by atoms with E-state index in [1.54, 1.807) is 0 Å². The zero-order valence-electron chi connectivity index (χ0n) is 15.8. The minimum atomic E-state index is -0.422. The maximum atomic E-state index is 13.3. The zero-order valence-corrected chi connectivity index (χ0v) is 15.8. The van der Waals surface area contributed by atoms with Gasteiger partial charge in [0.2, 0.25) is 0 Å². The van der Waals surface area contributed by atoms with E-state index in [1.165, 1.54) is 0 Å². The van der Waals surface area contributed by atoms with E-state index in [9.17, 15) is 10.1 Å².